The summed E-state index contributed by atoms with van der Waals surface area (Å²) in [6, 6.07) is 10.1. The maximum atomic E-state index is 5.35. The Balaban J connectivity index is 2.82. The molecule has 0 unspecified atom stereocenters. The molecule has 2 aromatic rings. The molecule has 0 amide bonds. The van der Waals surface area contributed by atoms with Crippen LogP contribution in [-0.2, 0) is 0 Å². The third kappa shape index (κ3) is 1.52. The van der Waals surface area contributed by atoms with Gasteiger partial charge in [-0.1, -0.05) is 18.2 Å². The zero-order valence-electron chi connectivity index (χ0n) is 9.20. The first-order valence-corrected chi connectivity index (χ1v) is 4.88. The van der Waals surface area contributed by atoms with E-state index in [0.29, 0.717) is 0 Å². The summed E-state index contributed by atoms with van der Waals surface area (Å²) in [4.78, 5) is 0. The number of benzene rings is 2. The van der Waals surface area contributed by atoms with Crippen molar-refractivity contribution in [3.8, 4) is 11.5 Å². The second-order valence-electron chi connectivity index (χ2n) is 3.45. The Morgan fingerprint density at radius 1 is 0.867 bits per heavy atom. The summed E-state index contributed by atoms with van der Waals surface area (Å²) in [5.41, 5.74) is 1.12. The maximum Gasteiger partial charge on any atom is 0.127 e. The molecule has 0 aliphatic rings. The van der Waals surface area contributed by atoms with Gasteiger partial charge in [-0.15, -0.1) is 0 Å². The molecule has 0 aliphatic heterocycles. The van der Waals surface area contributed by atoms with Crippen LogP contribution in [-0.4, -0.2) is 14.2 Å². The predicted molar refractivity (Wildman–Crippen MR) is 61.8 cm³/mol. The topological polar surface area (TPSA) is 18.5 Å². The van der Waals surface area contributed by atoms with Gasteiger partial charge in [-0.3, -0.25) is 0 Å². The van der Waals surface area contributed by atoms with E-state index < -0.39 is 0 Å². The van der Waals surface area contributed by atoms with Gasteiger partial charge < -0.3 is 9.47 Å². The van der Waals surface area contributed by atoms with Crippen LogP contribution in [0.25, 0.3) is 10.8 Å². The van der Waals surface area contributed by atoms with Crippen molar-refractivity contribution < 1.29 is 9.47 Å². The normalized spacial score (nSPS) is 10.3. The Labute approximate surface area is 89.4 Å². The smallest absolute Gasteiger partial charge is 0.127 e. The average molecular weight is 202 g/mol. The number of hydrogen-bond donors (Lipinski definition) is 0. The monoisotopic (exact) mass is 202 g/mol. The fourth-order valence-corrected chi connectivity index (χ4v) is 1.89. The van der Waals surface area contributed by atoms with Gasteiger partial charge in [0.15, 0.2) is 0 Å². The second kappa shape index (κ2) is 3.81. The molecule has 0 bridgehead atoms. The SMILES string of the molecule is COc1ccc2cccc(OC)c2c1C. The van der Waals surface area contributed by atoms with Crippen LogP contribution in [0.2, 0.25) is 0 Å². The summed E-state index contributed by atoms with van der Waals surface area (Å²) >= 11 is 0. The number of ether oxygens (including phenoxy) is 2. The molecule has 0 N–H and O–H groups in total. The lowest BCUT2D eigenvalue weighted by molar-refractivity contribution is 0.409. The van der Waals surface area contributed by atoms with E-state index in [1.54, 1.807) is 14.2 Å². The largest absolute Gasteiger partial charge is 0.496 e. The van der Waals surface area contributed by atoms with Crippen LogP contribution in [0.1, 0.15) is 5.56 Å². The van der Waals surface area contributed by atoms with Crippen LogP contribution in [0, 0.1) is 6.92 Å². The molecule has 0 saturated carbocycles. The fraction of sp³-hybridized carbons (Fsp3) is 0.231. The molecular weight excluding hydrogens is 188 g/mol. The number of aryl methyl sites for hydroxylation is 1. The standard InChI is InChI=1S/C13H14O2/c1-9-11(14-2)8-7-10-5-4-6-12(15-3)13(9)10/h4-8H,1-3H3. The molecule has 2 rings (SSSR count). The number of methoxy groups -OCH3 is 2. The summed E-state index contributed by atoms with van der Waals surface area (Å²) in [6.07, 6.45) is 0. The van der Waals surface area contributed by atoms with Gasteiger partial charge in [0.2, 0.25) is 0 Å². The third-order valence-electron chi connectivity index (χ3n) is 2.66. The van der Waals surface area contributed by atoms with Crippen LogP contribution in [0.15, 0.2) is 30.3 Å². The molecule has 0 spiro atoms. The van der Waals surface area contributed by atoms with E-state index in [9.17, 15) is 0 Å². The van der Waals surface area contributed by atoms with Gasteiger partial charge in [0.1, 0.15) is 11.5 Å². The van der Waals surface area contributed by atoms with E-state index >= 15 is 0 Å². The first kappa shape index (κ1) is 9.84. The Hall–Kier alpha value is -1.70. The van der Waals surface area contributed by atoms with Crippen LogP contribution in [0.5, 0.6) is 11.5 Å². The zero-order chi connectivity index (χ0) is 10.8. The molecule has 0 radical (unpaired) electrons. The summed E-state index contributed by atoms with van der Waals surface area (Å²) in [5, 5.41) is 2.30. The van der Waals surface area contributed by atoms with Gasteiger partial charge >= 0.3 is 0 Å². The molecule has 2 aromatic carbocycles. The van der Waals surface area contributed by atoms with Crippen LogP contribution in [0.3, 0.4) is 0 Å². The zero-order valence-corrected chi connectivity index (χ0v) is 9.20. The lowest BCUT2D eigenvalue weighted by atomic mass is 10.0. The lowest BCUT2D eigenvalue weighted by Crippen LogP contribution is -1.91. The summed E-state index contributed by atoms with van der Waals surface area (Å²) in [5.74, 6) is 1.79. The minimum Gasteiger partial charge on any atom is -0.496 e. The molecule has 78 valence electrons. The molecule has 0 fully saturated rings. The lowest BCUT2D eigenvalue weighted by Gasteiger charge is -2.11. The summed E-state index contributed by atoms with van der Waals surface area (Å²) in [6.45, 7) is 2.05. The van der Waals surface area contributed by atoms with E-state index in [4.69, 9.17) is 9.47 Å². The van der Waals surface area contributed by atoms with E-state index in [1.807, 2.05) is 31.2 Å². The number of hydrogen-bond acceptors (Lipinski definition) is 2. The van der Waals surface area contributed by atoms with Crippen molar-refractivity contribution >= 4 is 10.8 Å². The Kier molecular flexibility index (Phi) is 2.50. The van der Waals surface area contributed by atoms with Crippen molar-refractivity contribution in [2.75, 3.05) is 14.2 Å². The van der Waals surface area contributed by atoms with Crippen molar-refractivity contribution in [3.05, 3.63) is 35.9 Å². The van der Waals surface area contributed by atoms with Crippen molar-refractivity contribution in [1.82, 2.24) is 0 Å². The highest BCUT2D eigenvalue weighted by atomic mass is 16.5. The molecule has 0 aromatic heterocycles. The highest BCUT2D eigenvalue weighted by Gasteiger charge is 2.07. The predicted octanol–water partition coefficient (Wildman–Crippen LogP) is 3.17. The maximum absolute atomic E-state index is 5.35. The van der Waals surface area contributed by atoms with Gasteiger partial charge in [-0.25, -0.2) is 0 Å². The molecule has 0 heterocycles. The fourth-order valence-electron chi connectivity index (χ4n) is 1.89. The quantitative estimate of drug-likeness (QED) is 0.744. The third-order valence-corrected chi connectivity index (χ3v) is 2.66. The van der Waals surface area contributed by atoms with Crippen LogP contribution < -0.4 is 9.47 Å². The number of fused-ring (bicyclic) bond motifs is 1. The minimum atomic E-state index is 0.893. The van der Waals surface area contributed by atoms with Gasteiger partial charge in [0, 0.05) is 10.9 Å². The minimum absolute atomic E-state index is 0.893. The molecule has 0 saturated heterocycles. The Morgan fingerprint density at radius 2 is 1.60 bits per heavy atom. The van der Waals surface area contributed by atoms with Crippen molar-refractivity contribution in [1.29, 1.82) is 0 Å². The Bertz CT molecular complexity index is 489. The van der Waals surface area contributed by atoms with Crippen molar-refractivity contribution in [3.63, 3.8) is 0 Å². The first-order chi connectivity index (χ1) is 7.27. The highest BCUT2D eigenvalue weighted by Crippen LogP contribution is 2.33. The highest BCUT2D eigenvalue weighted by molar-refractivity contribution is 5.92. The van der Waals surface area contributed by atoms with Crippen LogP contribution in [0.4, 0.5) is 0 Å². The molecule has 0 atom stereocenters. The van der Waals surface area contributed by atoms with E-state index in [0.717, 1.165) is 22.4 Å². The molecule has 2 nitrogen and oxygen atoms in total. The molecule has 15 heavy (non-hydrogen) atoms. The second-order valence-corrected chi connectivity index (χ2v) is 3.45. The van der Waals surface area contributed by atoms with Crippen molar-refractivity contribution in [2.24, 2.45) is 0 Å². The molecule has 2 heteroatoms. The van der Waals surface area contributed by atoms with Crippen molar-refractivity contribution in [2.45, 2.75) is 6.92 Å². The Morgan fingerprint density at radius 3 is 2.27 bits per heavy atom. The van der Waals surface area contributed by atoms with E-state index in [2.05, 4.69) is 6.07 Å². The summed E-state index contributed by atoms with van der Waals surface area (Å²) in [7, 11) is 3.37. The van der Waals surface area contributed by atoms with E-state index in [-0.39, 0.29) is 0 Å². The van der Waals surface area contributed by atoms with Gasteiger partial charge in [-0.2, -0.15) is 0 Å². The van der Waals surface area contributed by atoms with Gasteiger partial charge in [0.25, 0.3) is 0 Å². The average Bonchev–Trinajstić information content (AvgIpc) is 2.29. The van der Waals surface area contributed by atoms with Gasteiger partial charge in [-0.05, 0) is 24.4 Å². The number of rotatable bonds is 2. The van der Waals surface area contributed by atoms with Crippen LogP contribution >= 0.6 is 0 Å². The molecular formula is C13H14O2. The van der Waals surface area contributed by atoms with E-state index in [1.165, 1.54) is 5.39 Å². The van der Waals surface area contributed by atoms with Gasteiger partial charge in [0.05, 0.1) is 14.2 Å². The first-order valence-electron chi connectivity index (χ1n) is 4.88. The summed E-state index contributed by atoms with van der Waals surface area (Å²) < 4.78 is 10.6. The molecule has 0 aliphatic carbocycles.